The van der Waals surface area contributed by atoms with Crippen molar-refractivity contribution in [1.29, 1.82) is 0 Å². The number of amides is 1. The van der Waals surface area contributed by atoms with Gasteiger partial charge in [-0.05, 0) is 24.1 Å². The van der Waals surface area contributed by atoms with Gasteiger partial charge in [-0.25, -0.2) is 17.8 Å². The third kappa shape index (κ3) is 3.48. The molecule has 24 heavy (non-hydrogen) atoms. The maximum atomic E-state index is 13.6. The number of aryl methyl sites for hydroxylation is 1. The molecule has 1 aromatic carbocycles. The van der Waals surface area contributed by atoms with E-state index in [2.05, 4.69) is 10.3 Å². The zero-order valence-electron chi connectivity index (χ0n) is 13.1. The molecule has 1 aromatic heterocycles. The van der Waals surface area contributed by atoms with E-state index in [1.54, 1.807) is 36.1 Å². The molecule has 3 rings (SSSR count). The monoisotopic (exact) mass is 351 g/mol. The molecule has 2 aromatic rings. The lowest BCUT2D eigenvalue weighted by molar-refractivity contribution is -0.124. The van der Waals surface area contributed by atoms with E-state index in [-0.39, 0.29) is 17.4 Å². The first-order chi connectivity index (χ1) is 11.4. The molecule has 2 atom stereocenters. The number of rotatable bonds is 4. The van der Waals surface area contributed by atoms with Crippen molar-refractivity contribution in [1.82, 2.24) is 14.9 Å². The average molecular weight is 351 g/mol. The number of aromatic nitrogens is 2. The largest absolute Gasteiger partial charge is 0.342 e. The Kier molecular flexibility index (Phi) is 4.40. The summed E-state index contributed by atoms with van der Waals surface area (Å²) in [6.07, 6.45) is 3.63. The van der Waals surface area contributed by atoms with Gasteiger partial charge in [-0.15, -0.1) is 0 Å². The highest BCUT2D eigenvalue weighted by Crippen LogP contribution is 2.24. The van der Waals surface area contributed by atoms with Crippen LogP contribution in [0.25, 0.3) is 0 Å². The van der Waals surface area contributed by atoms with Crippen LogP contribution in [0.1, 0.15) is 23.9 Å². The standard InChI is InChI=1S/C16H18FN3O3S/c1-20-7-6-18-15(20)14(11-3-2-4-13(17)9-11)19-16(21)12-5-8-24(22,23)10-12/h2-4,6-7,9,12,14H,5,8,10H2,1H3,(H,19,21). The van der Waals surface area contributed by atoms with Gasteiger partial charge < -0.3 is 9.88 Å². The van der Waals surface area contributed by atoms with Crippen LogP contribution in [-0.2, 0) is 21.7 Å². The summed E-state index contributed by atoms with van der Waals surface area (Å²) in [4.78, 5) is 16.7. The Hall–Kier alpha value is -2.22. The molecule has 6 nitrogen and oxygen atoms in total. The number of carbonyl (C=O) groups excluding carboxylic acids is 1. The zero-order chi connectivity index (χ0) is 17.3. The average Bonchev–Trinajstić information content (AvgIpc) is 3.10. The van der Waals surface area contributed by atoms with Gasteiger partial charge in [-0.2, -0.15) is 0 Å². The van der Waals surface area contributed by atoms with Crippen LogP contribution >= 0.6 is 0 Å². The lowest BCUT2D eigenvalue weighted by atomic mass is 10.0. The van der Waals surface area contributed by atoms with E-state index in [1.807, 2.05) is 0 Å². The van der Waals surface area contributed by atoms with Gasteiger partial charge in [0.2, 0.25) is 5.91 Å². The quantitative estimate of drug-likeness (QED) is 0.897. The minimum atomic E-state index is -3.15. The van der Waals surface area contributed by atoms with Crippen LogP contribution in [0, 0.1) is 11.7 Å². The number of benzene rings is 1. The molecule has 2 unspecified atom stereocenters. The predicted octanol–water partition coefficient (Wildman–Crippen LogP) is 1.20. The van der Waals surface area contributed by atoms with Crippen LogP contribution < -0.4 is 5.32 Å². The van der Waals surface area contributed by atoms with Gasteiger partial charge in [-0.3, -0.25) is 4.79 Å². The summed E-state index contributed by atoms with van der Waals surface area (Å²) in [5, 5.41) is 2.83. The fraction of sp³-hybridized carbons (Fsp3) is 0.375. The molecule has 1 N–H and O–H groups in total. The molecule has 8 heteroatoms. The summed E-state index contributed by atoms with van der Waals surface area (Å²) in [5.41, 5.74) is 0.554. The van der Waals surface area contributed by atoms with E-state index in [9.17, 15) is 17.6 Å². The Morgan fingerprint density at radius 2 is 2.25 bits per heavy atom. The molecule has 0 aliphatic carbocycles. The second-order valence-corrected chi connectivity index (χ2v) is 8.22. The van der Waals surface area contributed by atoms with Gasteiger partial charge in [0, 0.05) is 19.4 Å². The molecular formula is C16H18FN3O3S. The highest BCUT2D eigenvalue weighted by atomic mass is 32.2. The van der Waals surface area contributed by atoms with Crippen molar-refractivity contribution < 1.29 is 17.6 Å². The number of sulfone groups is 1. The van der Waals surface area contributed by atoms with Crippen molar-refractivity contribution in [3.05, 3.63) is 53.9 Å². The summed E-state index contributed by atoms with van der Waals surface area (Å²) in [7, 11) is -1.37. The Morgan fingerprint density at radius 3 is 2.83 bits per heavy atom. The molecule has 128 valence electrons. The molecule has 0 saturated carbocycles. The maximum Gasteiger partial charge on any atom is 0.225 e. The summed E-state index contributed by atoms with van der Waals surface area (Å²) in [6.45, 7) is 0. The van der Waals surface area contributed by atoms with Crippen molar-refractivity contribution in [3.63, 3.8) is 0 Å². The number of halogens is 1. The topological polar surface area (TPSA) is 81.1 Å². The van der Waals surface area contributed by atoms with E-state index in [1.165, 1.54) is 12.1 Å². The molecule has 0 bridgehead atoms. The Balaban J connectivity index is 1.89. The maximum absolute atomic E-state index is 13.6. The van der Waals surface area contributed by atoms with Crippen molar-refractivity contribution in [2.75, 3.05) is 11.5 Å². The van der Waals surface area contributed by atoms with E-state index in [0.29, 0.717) is 17.8 Å². The van der Waals surface area contributed by atoms with E-state index in [0.717, 1.165) is 0 Å². The van der Waals surface area contributed by atoms with E-state index >= 15 is 0 Å². The first kappa shape index (κ1) is 16.6. The van der Waals surface area contributed by atoms with Crippen molar-refractivity contribution in [3.8, 4) is 0 Å². The van der Waals surface area contributed by atoms with Gasteiger partial charge in [0.25, 0.3) is 0 Å². The lowest BCUT2D eigenvalue weighted by Gasteiger charge is -2.21. The van der Waals surface area contributed by atoms with Crippen LogP contribution in [0.4, 0.5) is 4.39 Å². The van der Waals surface area contributed by atoms with Gasteiger partial charge in [0.1, 0.15) is 17.7 Å². The van der Waals surface area contributed by atoms with Gasteiger partial charge in [0.15, 0.2) is 9.84 Å². The van der Waals surface area contributed by atoms with Gasteiger partial charge >= 0.3 is 0 Å². The summed E-state index contributed by atoms with van der Waals surface area (Å²) < 4.78 is 38.5. The molecule has 0 spiro atoms. The van der Waals surface area contributed by atoms with Crippen LogP contribution in [0.15, 0.2) is 36.7 Å². The second-order valence-electron chi connectivity index (χ2n) is 5.99. The molecule has 1 aliphatic rings. The molecule has 1 saturated heterocycles. The third-order valence-corrected chi connectivity index (χ3v) is 5.96. The van der Waals surface area contributed by atoms with E-state index < -0.39 is 27.6 Å². The molecule has 2 heterocycles. The fourth-order valence-electron chi connectivity index (χ4n) is 2.90. The number of hydrogen-bond donors (Lipinski definition) is 1. The Bertz CT molecular complexity index is 863. The lowest BCUT2D eigenvalue weighted by Crippen LogP contribution is -2.36. The van der Waals surface area contributed by atoms with Crippen LogP contribution in [0.2, 0.25) is 0 Å². The number of imidazole rings is 1. The Morgan fingerprint density at radius 1 is 1.46 bits per heavy atom. The summed E-state index contributed by atoms with van der Waals surface area (Å²) >= 11 is 0. The number of nitrogens with one attached hydrogen (secondary N) is 1. The third-order valence-electron chi connectivity index (χ3n) is 4.19. The minimum absolute atomic E-state index is 0.0259. The van der Waals surface area contributed by atoms with Crippen LogP contribution in [0.3, 0.4) is 0 Å². The normalized spacial score (nSPS) is 20.7. The van der Waals surface area contributed by atoms with E-state index in [4.69, 9.17) is 0 Å². The molecule has 1 aliphatic heterocycles. The molecule has 0 radical (unpaired) electrons. The Labute approximate surface area is 139 Å². The fourth-order valence-corrected chi connectivity index (χ4v) is 4.64. The second kappa shape index (κ2) is 6.35. The summed E-state index contributed by atoms with van der Waals surface area (Å²) in [6, 6.07) is 5.28. The zero-order valence-corrected chi connectivity index (χ0v) is 14.0. The first-order valence-corrected chi connectivity index (χ1v) is 9.41. The van der Waals surface area contributed by atoms with Crippen LogP contribution in [-0.4, -0.2) is 35.4 Å². The highest BCUT2D eigenvalue weighted by molar-refractivity contribution is 7.91. The number of carbonyl (C=O) groups is 1. The smallest absolute Gasteiger partial charge is 0.225 e. The summed E-state index contributed by atoms with van der Waals surface area (Å²) in [5.74, 6) is -0.910. The van der Waals surface area contributed by atoms with Gasteiger partial charge in [-0.1, -0.05) is 12.1 Å². The minimum Gasteiger partial charge on any atom is -0.342 e. The van der Waals surface area contributed by atoms with Crippen molar-refractivity contribution >= 4 is 15.7 Å². The molecule has 1 amide bonds. The number of hydrogen-bond acceptors (Lipinski definition) is 4. The molecular weight excluding hydrogens is 333 g/mol. The van der Waals surface area contributed by atoms with Crippen LogP contribution in [0.5, 0.6) is 0 Å². The van der Waals surface area contributed by atoms with Gasteiger partial charge in [0.05, 0.1) is 17.4 Å². The predicted molar refractivity (Wildman–Crippen MR) is 86.4 cm³/mol. The number of nitrogens with zero attached hydrogens (tertiary/aromatic N) is 2. The van der Waals surface area contributed by atoms with Crippen molar-refractivity contribution in [2.24, 2.45) is 13.0 Å². The first-order valence-electron chi connectivity index (χ1n) is 7.59. The van der Waals surface area contributed by atoms with Crippen molar-refractivity contribution in [2.45, 2.75) is 12.5 Å². The SMILES string of the molecule is Cn1ccnc1C(NC(=O)C1CCS(=O)(=O)C1)c1cccc(F)c1. The molecule has 1 fully saturated rings. The highest BCUT2D eigenvalue weighted by Gasteiger charge is 2.34.